The molecule has 2 rings (SSSR count). The molecule has 3 atom stereocenters. The van der Waals surface area contributed by atoms with E-state index in [1.54, 1.807) is 0 Å². The number of benzene rings is 1. The van der Waals surface area contributed by atoms with Crippen molar-refractivity contribution in [3.05, 3.63) is 35.4 Å². The van der Waals surface area contributed by atoms with E-state index in [9.17, 15) is 8.78 Å². The number of halogens is 2. The maximum Gasteiger partial charge on any atom is 0.126 e. The highest BCUT2D eigenvalue weighted by atomic mass is 19.1. The summed E-state index contributed by atoms with van der Waals surface area (Å²) in [6, 6.07) is 3.87. The zero-order chi connectivity index (χ0) is 11.7. The lowest BCUT2D eigenvalue weighted by atomic mass is 10.0. The lowest BCUT2D eigenvalue weighted by Crippen LogP contribution is -2.23. The maximum absolute atomic E-state index is 13.1. The van der Waals surface area contributed by atoms with Gasteiger partial charge in [0.15, 0.2) is 0 Å². The second-order valence-electron chi connectivity index (χ2n) is 4.61. The van der Waals surface area contributed by atoms with Gasteiger partial charge < -0.3 is 5.32 Å². The molecule has 0 aliphatic heterocycles. The van der Waals surface area contributed by atoms with Crippen molar-refractivity contribution in [2.75, 3.05) is 6.54 Å². The van der Waals surface area contributed by atoms with Gasteiger partial charge in [0.2, 0.25) is 0 Å². The Labute approximate surface area is 94.9 Å². The fourth-order valence-electron chi connectivity index (χ4n) is 2.31. The second kappa shape index (κ2) is 4.50. The highest BCUT2D eigenvalue weighted by Gasteiger charge is 2.39. The molecular formula is C13H17F2N. The van der Waals surface area contributed by atoms with E-state index in [1.165, 1.54) is 12.1 Å². The van der Waals surface area contributed by atoms with Crippen LogP contribution < -0.4 is 5.32 Å². The predicted octanol–water partition coefficient (Wildman–Crippen LogP) is 3.27. The Balaban J connectivity index is 2.24. The molecule has 1 aromatic carbocycles. The largest absolute Gasteiger partial charge is 0.310 e. The van der Waals surface area contributed by atoms with Crippen LogP contribution in [0.2, 0.25) is 0 Å². The Hall–Kier alpha value is -0.960. The normalized spacial score (nSPS) is 25.5. The van der Waals surface area contributed by atoms with E-state index < -0.39 is 11.6 Å². The van der Waals surface area contributed by atoms with Gasteiger partial charge in [0.25, 0.3) is 0 Å². The van der Waals surface area contributed by atoms with Gasteiger partial charge in [-0.1, -0.05) is 13.8 Å². The van der Waals surface area contributed by atoms with E-state index in [1.807, 2.05) is 6.92 Å². The molecule has 16 heavy (non-hydrogen) atoms. The van der Waals surface area contributed by atoms with Gasteiger partial charge in [-0.05, 0) is 42.5 Å². The minimum atomic E-state index is -0.494. The van der Waals surface area contributed by atoms with E-state index in [2.05, 4.69) is 12.2 Å². The first-order chi connectivity index (χ1) is 7.61. The van der Waals surface area contributed by atoms with Gasteiger partial charge in [0.1, 0.15) is 11.6 Å². The highest BCUT2D eigenvalue weighted by molar-refractivity contribution is 5.23. The molecule has 1 fully saturated rings. The average Bonchev–Trinajstić information content (AvgIpc) is 2.90. The standard InChI is InChI=1S/C13H17F2N/c1-3-16-13(12-4-8(12)2)9-5-10(14)7-11(15)6-9/h5-8,12-13,16H,3-4H2,1-2H3. The van der Waals surface area contributed by atoms with E-state index in [0.29, 0.717) is 11.8 Å². The first-order valence-corrected chi connectivity index (χ1v) is 5.81. The molecule has 0 spiro atoms. The Morgan fingerprint density at radius 1 is 1.31 bits per heavy atom. The summed E-state index contributed by atoms with van der Waals surface area (Å²) in [7, 11) is 0. The fourth-order valence-corrected chi connectivity index (χ4v) is 2.31. The molecule has 1 aromatic rings. The van der Waals surface area contributed by atoms with Gasteiger partial charge in [-0.3, -0.25) is 0 Å². The van der Waals surface area contributed by atoms with Gasteiger partial charge in [-0.2, -0.15) is 0 Å². The first kappa shape index (κ1) is 11.5. The van der Waals surface area contributed by atoms with Crippen molar-refractivity contribution in [2.24, 2.45) is 11.8 Å². The van der Waals surface area contributed by atoms with Crippen LogP contribution in [0.3, 0.4) is 0 Å². The summed E-state index contributed by atoms with van der Waals surface area (Å²) >= 11 is 0. The Bertz CT molecular complexity index is 358. The Morgan fingerprint density at radius 2 is 1.88 bits per heavy atom. The van der Waals surface area contributed by atoms with Crippen LogP contribution in [0.25, 0.3) is 0 Å². The third-order valence-corrected chi connectivity index (χ3v) is 3.27. The van der Waals surface area contributed by atoms with Crippen LogP contribution in [-0.4, -0.2) is 6.54 Å². The zero-order valence-electron chi connectivity index (χ0n) is 9.63. The molecule has 88 valence electrons. The molecular weight excluding hydrogens is 208 g/mol. The first-order valence-electron chi connectivity index (χ1n) is 5.81. The summed E-state index contributed by atoms with van der Waals surface area (Å²) in [6.07, 6.45) is 1.13. The van der Waals surface area contributed by atoms with E-state index in [-0.39, 0.29) is 6.04 Å². The smallest absolute Gasteiger partial charge is 0.126 e. The summed E-state index contributed by atoms with van der Waals surface area (Å²) in [5, 5.41) is 3.31. The van der Waals surface area contributed by atoms with Crippen LogP contribution >= 0.6 is 0 Å². The van der Waals surface area contributed by atoms with E-state index in [0.717, 1.165) is 24.6 Å². The molecule has 1 nitrogen and oxygen atoms in total. The van der Waals surface area contributed by atoms with Crippen molar-refractivity contribution in [1.29, 1.82) is 0 Å². The molecule has 3 unspecified atom stereocenters. The van der Waals surface area contributed by atoms with Gasteiger partial charge in [-0.25, -0.2) is 8.78 Å². The van der Waals surface area contributed by atoms with Crippen molar-refractivity contribution in [3.63, 3.8) is 0 Å². The molecule has 1 N–H and O–H groups in total. The summed E-state index contributed by atoms with van der Waals surface area (Å²) < 4.78 is 26.3. The SMILES string of the molecule is CCNC(c1cc(F)cc(F)c1)C1CC1C. The van der Waals surface area contributed by atoms with Crippen molar-refractivity contribution in [3.8, 4) is 0 Å². The monoisotopic (exact) mass is 225 g/mol. The summed E-state index contributed by atoms with van der Waals surface area (Å²) in [5.74, 6) is 0.175. The third kappa shape index (κ3) is 2.40. The highest BCUT2D eigenvalue weighted by Crippen LogP contribution is 2.47. The molecule has 0 radical (unpaired) electrons. The molecule has 3 heteroatoms. The lowest BCUT2D eigenvalue weighted by Gasteiger charge is -2.18. The molecule has 0 bridgehead atoms. The summed E-state index contributed by atoms with van der Waals surface area (Å²) in [6.45, 7) is 4.99. The number of hydrogen-bond acceptors (Lipinski definition) is 1. The zero-order valence-corrected chi connectivity index (χ0v) is 9.63. The Kier molecular flexibility index (Phi) is 3.24. The van der Waals surface area contributed by atoms with Crippen LogP contribution in [0.1, 0.15) is 31.9 Å². The van der Waals surface area contributed by atoms with Gasteiger partial charge in [0.05, 0.1) is 0 Å². The van der Waals surface area contributed by atoms with Crippen LogP contribution in [0.15, 0.2) is 18.2 Å². The van der Waals surface area contributed by atoms with Crippen LogP contribution in [0, 0.1) is 23.5 Å². The number of rotatable bonds is 4. The minimum Gasteiger partial charge on any atom is -0.310 e. The molecule has 1 saturated carbocycles. The van der Waals surface area contributed by atoms with Gasteiger partial charge in [0, 0.05) is 12.1 Å². The van der Waals surface area contributed by atoms with Crippen LogP contribution in [0.4, 0.5) is 8.78 Å². The van der Waals surface area contributed by atoms with Crippen molar-refractivity contribution >= 4 is 0 Å². The third-order valence-electron chi connectivity index (χ3n) is 3.27. The van der Waals surface area contributed by atoms with Crippen LogP contribution in [-0.2, 0) is 0 Å². The molecule has 0 saturated heterocycles. The predicted molar refractivity (Wildman–Crippen MR) is 60.0 cm³/mol. The van der Waals surface area contributed by atoms with Crippen LogP contribution in [0.5, 0.6) is 0 Å². The lowest BCUT2D eigenvalue weighted by molar-refractivity contribution is 0.468. The van der Waals surface area contributed by atoms with Crippen molar-refractivity contribution in [2.45, 2.75) is 26.3 Å². The van der Waals surface area contributed by atoms with E-state index >= 15 is 0 Å². The quantitative estimate of drug-likeness (QED) is 0.829. The second-order valence-corrected chi connectivity index (χ2v) is 4.61. The number of nitrogens with one attached hydrogen (secondary N) is 1. The molecule has 1 aliphatic carbocycles. The molecule has 0 amide bonds. The molecule has 0 aromatic heterocycles. The summed E-state index contributed by atoms with van der Waals surface area (Å²) in [4.78, 5) is 0. The van der Waals surface area contributed by atoms with Gasteiger partial charge >= 0.3 is 0 Å². The molecule has 1 aliphatic rings. The van der Waals surface area contributed by atoms with Crippen molar-refractivity contribution < 1.29 is 8.78 Å². The Morgan fingerprint density at radius 3 is 2.31 bits per heavy atom. The van der Waals surface area contributed by atoms with E-state index in [4.69, 9.17) is 0 Å². The topological polar surface area (TPSA) is 12.0 Å². The van der Waals surface area contributed by atoms with Crippen molar-refractivity contribution in [1.82, 2.24) is 5.32 Å². The fraction of sp³-hybridized carbons (Fsp3) is 0.538. The number of hydrogen-bond donors (Lipinski definition) is 1. The maximum atomic E-state index is 13.1. The van der Waals surface area contributed by atoms with Gasteiger partial charge in [-0.15, -0.1) is 0 Å². The average molecular weight is 225 g/mol. The summed E-state index contributed by atoms with van der Waals surface area (Å²) in [5.41, 5.74) is 0.730. The molecule has 0 heterocycles. The minimum absolute atomic E-state index is 0.0881.